The smallest absolute Gasteiger partial charge is 0.336 e. The number of nitrogens with one attached hydrogen (secondary N) is 1. The maximum absolute atomic E-state index is 12.8. The number of benzene rings is 1. The van der Waals surface area contributed by atoms with E-state index in [0.717, 1.165) is 36.0 Å². The first-order valence-corrected chi connectivity index (χ1v) is 10.1. The topological polar surface area (TPSA) is 88.4 Å². The Morgan fingerprint density at radius 1 is 1.34 bits per heavy atom. The average Bonchev–Trinajstić information content (AvgIpc) is 3.27. The van der Waals surface area contributed by atoms with Crippen molar-refractivity contribution in [3.8, 4) is 5.75 Å². The summed E-state index contributed by atoms with van der Waals surface area (Å²) in [7, 11) is 0. The molecule has 3 heterocycles. The van der Waals surface area contributed by atoms with E-state index in [1.807, 2.05) is 30.2 Å². The molecule has 1 aliphatic heterocycles. The van der Waals surface area contributed by atoms with Gasteiger partial charge in [-0.25, -0.2) is 9.78 Å². The van der Waals surface area contributed by atoms with E-state index in [1.165, 1.54) is 6.07 Å². The fourth-order valence-electron chi connectivity index (χ4n) is 3.96. The summed E-state index contributed by atoms with van der Waals surface area (Å²) in [6.07, 6.45) is 5.48. The molecule has 7 nitrogen and oxygen atoms in total. The van der Waals surface area contributed by atoms with Gasteiger partial charge in [-0.05, 0) is 43.9 Å². The van der Waals surface area contributed by atoms with Gasteiger partial charge in [0, 0.05) is 48.9 Å². The number of rotatable bonds is 5. The van der Waals surface area contributed by atoms with E-state index in [-0.39, 0.29) is 11.5 Å². The average molecular weight is 395 g/mol. The molecule has 1 aliphatic rings. The Morgan fingerprint density at radius 2 is 2.14 bits per heavy atom. The monoisotopic (exact) mass is 395 g/mol. The fourth-order valence-corrected chi connectivity index (χ4v) is 3.96. The first-order chi connectivity index (χ1) is 14.0. The number of carbonyl (C=O) groups excluding carboxylic acids is 1. The van der Waals surface area contributed by atoms with Crippen molar-refractivity contribution in [2.45, 2.75) is 45.1 Å². The van der Waals surface area contributed by atoms with Gasteiger partial charge in [0.1, 0.15) is 17.2 Å². The molecule has 0 aliphatic carbocycles. The molecule has 2 aromatic heterocycles. The summed E-state index contributed by atoms with van der Waals surface area (Å²) in [5.74, 6) is 1.83. The lowest BCUT2D eigenvalue weighted by Gasteiger charge is -2.32. The summed E-state index contributed by atoms with van der Waals surface area (Å²) < 4.78 is 11.2. The first-order valence-electron chi connectivity index (χ1n) is 10.1. The molecule has 0 saturated carbocycles. The van der Waals surface area contributed by atoms with E-state index in [9.17, 15) is 9.59 Å². The van der Waals surface area contributed by atoms with Crippen LogP contribution in [0.25, 0.3) is 11.0 Å². The first kappa shape index (κ1) is 19.2. The van der Waals surface area contributed by atoms with Crippen molar-refractivity contribution in [3.63, 3.8) is 0 Å². The van der Waals surface area contributed by atoms with Crippen molar-refractivity contribution in [1.82, 2.24) is 14.9 Å². The summed E-state index contributed by atoms with van der Waals surface area (Å²) >= 11 is 0. The molecule has 0 spiro atoms. The Kier molecular flexibility index (Phi) is 5.38. The summed E-state index contributed by atoms with van der Waals surface area (Å²) in [6.45, 7) is 5.12. The number of imidazole rings is 1. The van der Waals surface area contributed by atoms with Gasteiger partial charge in [-0.2, -0.15) is 0 Å². The lowest BCUT2D eigenvalue weighted by molar-refractivity contribution is -0.139. The summed E-state index contributed by atoms with van der Waals surface area (Å²) in [4.78, 5) is 33.9. The third-order valence-corrected chi connectivity index (χ3v) is 5.56. The number of hydrogen-bond donors (Lipinski definition) is 1. The van der Waals surface area contributed by atoms with Crippen molar-refractivity contribution in [2.24, 2.45) is 0 Å². The fraction of sp³-hybridized carbons (Fsp3) is 0.409. The third kappa shape index (κ3) is 4.04. The number of H-pyrrole nitrogens is 1. The van der Waals surface area contributed by atoms with Crippen LogP contribution in [0.3, 0.4) is 0 Å². The van der Waals surface area contributed by atoms with Crippen LogP contribution < -0.4 is 10.4 Å². The van der Waals surface area contributed by atoms with E-state index in [2.05, 4.69) is 9.97 Å². The van der Waals surface area contributed by atoms with E-state index < -0.39 is 6.10 Å². The molecule has 1 amide bonds. The van der Waals surface area contributed by atoms with Gasteiger partial charge < -0.3 is 19.0 Å². The number of likely N-dealkylation sites (tertiary alicyclic amines) is 1. The highest BCUT2D eigenvalue weighted by Gasteiger charge is 2.28. The highest BCUT2D eigenvalue weighted by Crippen LogP contribution is 2.27. The molecular formula is C22H25N3O4. The Morgan fingerprint density at radius 3 is 2.83 bits per heavy atom. The molecule has 1 N–H and O–H groups in total. The minimum Gasteiger partial charge on any atom is -0.481 e. The molecule has 1 aromatic carbocycles. The Bertz CT molecular complexity index is 1050. The highest BCUT2D eigenvalue weighted by molar-refractivity contribution is 5.83. The van der Waals surface area contributed by atoms with Gasteiger partial charge in [0.05, 0.1) is 0 Å². The Hall–Kier alpha value is -3.09. The zero-order valence-corrected chi connectivity index (χ0v) is 16.7. The van der Waals surface area contributed by atoms with Crippen molar-refractivity contribution in [1.29, 1.82) is 0 Å². The van der Waals surface area contributed by atoms with Gasteiger partial charge in [0.2, 0.25) is 0 Å². The normalized spacial score (nSPS) is 16.1. The number of amides is 1. The maximum Gasteiger partial charge on any atom is 0.336 e. The van der Waals surface area contributed by atoms with Gasteiger partial charge in [0.15, 0.2) is 6.10 Å². The molecular weight excluding hydrogens is 370 g/mol. The second kappa shape index (κ2) is 8.11. The molecule has 29 heavy (non-hydrogen) atoms. The number of carbonyl (C=O) groups is 1. The van der Waals surface area contributed by atoms with Crippen molar-refractivity contribution in [2.75, 3.05) is 13.1 Å². The van der Waals surface area contributed by atoms with Crippen LogP contribution in [0.2, 0.25) is 0 Å². The van der Waals surface area contributed by atoms with Gasteiger partial charge in [-0.3, -0.25) is 4.79 Å². The molecule has 4 rings (SSSR count). The van der Waals surface area contributed by atoms with Crippen LogP contribution in [0.15, 0.2) is 45.9 Å². The number of fused-ring (bicyclic) bond motifs is 1. The number of piperidine rings is 1. The molecule has 1 fully saturated rings. The SMILES string of the molecule is CCc1cc(=O)oc2cc(OC(C)C(=O)N3CCC(c4ncc[nH]4)CC3)ccc12. The zero-order valence-electron chi connectivity index (χ0n) is 16.7. The van der Waals surface area contributed by atoms with Crippen molar-refractivity contribution < 1.29 is 13.9 Å². The van der Waals surface area contributed by atoms with Crippen molar-refractivity contribution in [3.05, 3.63) is 58.5 Å². The molecule has 0 radical (unpaired) electrons. The van der Waals surface area contributed by atoms with Crippen LogP contribution >= 0.6 is 0 Å². The highest BCUT2D eigenvalue weighted by atomic mass is 16.5. The number of aromatic amines is 1. The largest absolute Gasteiger partial charge is 0.481 e. The van der Waals surface area contributed by atoms with Crippen LogP contribution in [0.1, 0.15) is 44.0 Å². The van der Waals surface area contributed by atoms with Gasteiger partial charge in [0.25, 0.3) is 5.91 Å². The molecule has 1 atom stereocenters. The van der Waals surface area contributed by atoms with E-state index in [4.69, 9.17) is 9.15 Å². The van der Waals surface area contributed by atoms with Crippen LogP contribution in [0, 0.1) is 0 Å². The van der Waals surface area contributed by atoms with Gasteiger partial charge >= 0.3 is 5.63 Å². The van der Waals surface area contributed by atoms with E-state index >= 15 is 0 Å². The number of aryl methyl sites for hydroxylation is 1. The third-order valence-electron chi connectivity index (χ3n) is 5.56. The lowest BCUT2D eigenvalue weighted by atomic mass is 9.96. The second-order valence-corrected chi connectivity index (χ2v) is 7.44. The predicted octanol–water partition coefficient (Wildman–Crippen LogP) is 3.25. The summed E-state index contributed by atoms with van der Waals surface area (Å²) in [5, 5.41) is 0.887. The minimum absolute atomic E-state index is 0.0354. The minimum atomic E-state index is -0.617. The molecule has 1 saturated heterocycles. The van der Waals surface area contributed by atoms with Crippen LogP contribution in [-0.4, -0.2) is 40.0 Å². The second-order valence-electron chi connectivity index (χ2n) is 7.44. The van der Waals surface area contributed by atoms with Crippen molar-refractivity contribution >= 4 is 16.9 Å². The Balaban J connectivity index is 1.42. The molecule has 1 unspecified atom stereocenters. The van der Waals surface area contributed by atoms with E-state index in [0.29, 0.717) is 30.3 Å². The molecule has 152 valence electrons. The number of nitrogens with zero attached hydrogens (tertiary/aromatic N) is 2. The van der Waals surface area contributed by atoms with Crippen LogP contribution in [0.5, 0.6) is 5.75 Å². The zero-order chi connectivity index (χ0) is 20.4. The molecule has 7 heteroatoms. The van der Waals surface area contributed by atoms with Crippen LogP contribution in [0.4, 0.5) is 0 Å². The maximum atomic E-state index is 12.8. The number of ether oxygens (including phenoxy) is 1. The standard InChI is InChI=1S/C22H25N3O4/c1-3-15-12-20(26)29-19-13-17(4-5-18(15)19)28-14(2)22(27)25-10-6-16(7-11-25)21-23-8-9-24-21/h4-5,8-9,12-14,16H,3,6-7,10-11H2,1-2H3,(H,23,24). The predicted molar refractivity (Wildman–Crippen MR) is 109 cm³/mol. The van der Waals surface area contributed by atoms with E-state index in [1.54, 1.807) is 19.2 Å². The lowest BCUT2D eigenvalue weighted by Crippen LogP contribution is -2.44. The summed E-state index contributed by atoms with van der Waals surface area (Å²) in [6, 6.07) is 6.89. The number of hydrogen-bond acceptors (Lipinski definition) is 5. The summed E-state index contributed by atoms with van der Waals surface area (Å²) in [5.41, 5.74) is 1.03. The molecule has 0 bridgehead atoms. The molecule has 3 aromatic rings. The quantitative estimate of drug-likeness (QED) is 0.670. The Labute approximate surface area is 168 Å². The number of aromatic nitrogens is 2. The van der Waals surface area contributed by atoms with Crippen LogP contribution in [-0.2, 0) is 11.2 Å². The van der Waals surface area contributed by atoms with Gasteiger partial charge in [-0.1, -0.05) is 6.92 Å². The van der Waals surface area contributed by atoms with Gasteiger partial charge in [-0.15, -0.1) is 0 Å².